The van der Waals surface area contributed by atoms with Gasteiger partial charge in [-0.15, -0.1) is 0 Å². The Hall–Kier alpha value is -2.76. The van der Waals surface area contributed by atoms with Gasteiger partial charge in [-0.25, -0.2) is 0 Å². The molecule has 0 saturated carbocycles. The Labute approximate surface area is 179 Å². The molecule has 3 rings (SSSR count). The summed E-state index contributed by atoms with van der Waals surface area (Å²) in [6, 6.07) is 9.78. The largest absolute Gasteiger partial charge is 0.345 e. The van der Waals surface area contributed by atoms with Crippen molar-refractivity contribution in [3.63, 3.8) is 0 Å². The Morgan fingerprint density at radius 1 is 1.10 bits per heavy atom. The zero-order chi connectivity index (χ0) is 21.2. The van der Waals surface area contributed by atoms with E-state index in [-0.39, 0.29) is 11.8 Å². The molecule has 2 aromatic rings. The molecule has 6 heteroatoms. The summed E-state index contributed by atoms with van der Waals surface area (Å²) in [5.41, 5.74) is 2.15. The van der Waals surface area contributed by atoms with Crippen molar-refractivity contribution in [2.45, 2.75) is 44.9 Å². The lowest BCUT2D eigenvalue weighted by Crippen LogP contribution is -2.40. The predicted molar refractivity (Wildman–Crippen MR) is 117 cm³/mol. The Morgan fingerprint density at radius 2 is 1.93 bits per heavy atom. The van der Waals surface area contributed by atoms with Gasteiger partial charge in [-0.1, -0.05) is 6.07 Å². The van der Waals surface area contributed by atoms with Crippen LogP contribution in [0.1, 0.15) is 43.4 Å². The van der Waals surface area contributed by atoms with Gasteiger partial charge < -0.3 is 9.80 Å². The van der Waals surface area contributed by atoms with E-state index in [0.29, 0.717) is 25.3 Å². The summed E-state index contributed by atoms with van der Waals surface area (Å²) in [5, 5.41) is 0. The van der Waals surface area contributed by atoms with E-state index < -0.39 is 0 Å². The number of carbonyl (C=O) groups is 2. The van der Waals surface area contributed by atoms with Gasteiger partial charge in [0.25, 0.3) is 0 Å². The first-order valence-electron chi connectivity index (χ1n) is 10.9. The van der Waals surface area contributed by atoms with Crippen LogP contribution in [0.3, 0.4) is 0 Å². The summed E-state index contributed by atoms with van der Waals surface area (Å²) in [7, 11) is 1.86. The number of likely N-dealkylation sites (tertiary alicyclic amines) is 1. The van der Waals surface area contributed by atoms with Gasteiger partial charge in [0.1, 0.15) is 0 Å². The van der Waals surface area contributed by atoms with Gasteiger partial charge >= 0.3 is 0 Å². The van der Waals surface area contributed by atoms with Crippen molar-refractivity contribution >= 4 is 11.8 Å². The molecule has 6 nitrogen and oxygen atoms in total. The maximum atomic E-state index is 12.6. The third-order valence-corrected chi connectivity index (χ3v) is 5.87. The topological polar surface area (TPSA) is 66.4 Å². The van der Waals surface area contributed by atoms with Gasteiger partial charge in [0.15, 0.2) is 0 Å². The van der Waals surface area contributed by atoms with E-state index in [1.54, 1.807) is 23.5 Å². The van der Waals surface area contributed by atoms with Crippen LogP contribution >= 0.6 is 0 Å². The van der Waals surface area contributed by atoms with Crippen molar-refractivity contribution in [2.75, 3.05) is 26.7 Å². The molecule has 2 aromatic heterocycles. The maximum Gasteiger partial charge on any atom is 0.222 e. The third-order valence-electron chi connectivity index (χ3n) is 5.87. The monoisotopic (exact) mass is 408 g/mol. The fourth-order valence-electron chi connectivity index (χ4n) is 3.96. The number of aryl methyl sites for hydroxylation is 1. The number of pyridine rings is 2. The fourth-order valence-corrected chi connectivity index (χ4v) is 3.96. The second kappa shape index (κ2) is 11.4. The number of rotatable bonds is 9. The molecule has 0 N–H and O–H groups in total. The number of hydrogen-bond acceptors (Lipinski definition) is 4. The third kappa shape index (κ3) is 6.94. The molecule has 1 saturated heterocycles. The van der Waals surface area contributed by atoms with E-state index in [0.717, 1.165) is 56.5 Å². The molecule has 1 aliphatic rings. The van der Waals surface area contributed by atoms with E-state index in [2.05, 4.69) is 9.97 Å². The zero-order valence-corrected chi connectivity index (χ0v) is 17.9. The van der Waals surface area contributed by atoms with Crippen LogP contribution in [-0.2, 0) is 22.4 Å². The lowest BCUT2D eigenvalue weighted by atomic mass is 9.92. The fraction of sp³-hybridized carbons (Fsp3) is 0.500. The van der Waals surface area contributed by atoms with Crippen molar-refractivity contribution in [1.82, 2.24) is 19.8 Å². The second-order valence-corrected chi connectivity index (χ2v) is 8.13. The average molecular weight is 409 g/mol. The van der Waals surface area contributed by atoms with Crippen LogP contribution in [0.5, 0.6) is 0 Å². The summed E-state index contributed by atoms with van der Waals surface area (Å²) >= 11 is 0. The highest BCUT2D eigenvalue weighted by atomic mass is 16.2. The Morgan fingerprint density at radius 3 is 2.70 bits per heavy atom. The highest BCUT2D eigenvalue weighted by Gasteiger charge is 2.24. The molecule has 30 heavy (non-hydrogen) atoms. The molecule has 1 fully saturated rings. The Kier molecular flexibility index (Phi) is 8.36. The summed E-state index contributed by atoms with van der Waals surface area (Å²) in [5.74, 6) is 0.805. The standard InChI is InChI=1S/C24H32N4O2/c1-27(18-13-22-6-2-3-14-26-22)23(29)9-8-21-5-4-17-28(19-21)24(30)10-7-20-11-15-25-16-12-20/h2-3,6,11-12,14-16,21H,4-5,7-10,13,17-19H2,1H3/t21-/m0/s1. The van der Waals surface area contributed by atoms with Gasteiger partial charge in [-0.2, -0.15) is 0 Å². The van der Waals surface area contributed by atoms with E-state index in [1.807, 2.05) is 42.3 Å². The van der Waals surface area contributed by atoms with Crippen LogP contribution in [-0.4, -0.2) is 58.3 Å². The Bertz CT molecular complexity index is 797. The smallest absolute Gasteiger partial charge is 0.222 e. The average Bonchev–Trinajstić information content (AvgIpc) is 2.81. The Balaban J connectivity index is 1.37. The lowest BCUT2D eigenvalue weighted by Gasteiger charge is -2.33. The second-order valence-electron chi connectivity index (χ2n) is 8.13. The molecule has 0 aliphatic carbocycles. The summed E-state index contributed by atoms with van der Waals surface area (Å²) in [6.07, 6.45) is 10.9. The maximum absolute atomic E-state index is 12.6. The molecule has 0 spiro atoms. The van der Waals surface area contributed by atoms with Crippen LogP contribution in [0.25, 0.3) is 0 Å². The first-order chi connectivity index (χ1) is 14.6. The van der Waals surface area contributed by atoms with E-state index >= 15 is 0 Å². The molecule has 1 atom stereocenters. The van der Waals surface area contributed by atoms with Gasteiger partial charge in [0.05, 0.1) is 0 Å². The minimum absolute atomic E-state index is 0.173. The summed E-state index contributed by atoms with van der Waals surface area (Å²) < 4.78 is 0. The highest BCUT2D eigenvalue weighted by molar-refractivity contribution is 5.77. The van der Waals surface area contributed by atoms with Crippen molar-refractivity contribution < 1.29 is 9.59 Å². The van der Waals surface area contributed by atoms with Gasteiger partial charge in [0.2, 0.25) is 11.8 Å². The minimum atomic E-state index is 0.173. The summed E-state index contributed by atoms with van der Waals surface area (Å²) in [4.78, 5) is 37.2. The predicted octanol–water partition coefficient (Wildman–Crippen LogP) is 3.13. The first-order valence-corrected chi connectivity index (χ1v) is 10.9. The van der Waals surface area contributed by atoms with Crippen LogP contribution < -0.4 is 0 Å². The number of nitrogens with zero attached hydrogens (tertiary/aromatic N) is 4. The number of aromatic nitrogens is 2. The van der Waals surface area contributed by atoms with E-state index in [4.69, 9.17) is 0 Å². The molecule has 3 heterocycles. The van der Waals surface area contributed by atoms with Crippen LogP contribution in [0, 0.1) is 5.92 Å². The molecule has 0 aromatic carbocycles. The van der Waals surface area contributed by atoms with Crippen molar-refractivity contribution in [2.24, 2.45) is 5.92 Å². The minimum Gasteiger partial charge on any atom is -0.345 e. The normalized spacial score (nSPS) is 16.3. The van der Waals surface area contributed by atoms with Crippen molar-refractivity contribution in [3.05, 3.63) is 60.2 Å². The highest BCUT2D eigenvalue weighted by Crippen LogP contribution is 2.22. The first kappa shape index (κ1) is 21.9. The SMILES string of the molecule is CN(CCc1ccccn1)C(=O)CC[C@@H]1CCCN(C(=O)CCc2ccncc2)C1. The van der Waals surface area contributed by atoms with E-state index in [1.165, 1.54) is 0 Å². The number of hydrogen-bond donors (Lipinski definition) is 0. The van der Waals surface area contributed by atoms with Crippen LogP contribution in [0.4, 0.5) is 0 Å². The lowest BCUT2D eigenvalue weighted by molar-refractivity contribution is -0.133. The van der Waals surface area contributed by atoms with E-state index in [9.17, 15) is 9.59 Å². The van der Waals surface area contributed by atoms with Crippen LogP contribution in [0.2, 0.25) is 0 Å². The number of likely N-dealkylation sites (N-methyl/N-ethyl adjacent to an activating group) is 1. The van der Waals surface area contributed by atoms with Gasteiger partial charge in [-0.3, -0.25) is 19.6 Å². The van der Waals surface area contributed by atoms with Crippen LogP contribution in [0.15, 0.2) is 48.9 Å². The number of amides is 2. The van der Waals surface area contributed by atoms with Crippen molar-refractivity contribution in [3.8, 4) is 0 Å². The molecule has 2 amide bonds. The molecule has 0 bridgehead atoms. The van der Waals surface area contributed by atoms with Gasteiger partial charge in [-0.05, 0) is 61.4 Å². The number of piperidine rings is 1. The van der Waals surface area contributed by atoms with Crippen molar-refractivity contribution in [1.29, 1.82) is 0 Å². The molecule has 160 valence electrons. The van der Waals surface area contributed by atoms with Gasteiger partial charge in [0, 0.05) is 70.2 Å². The summed E-state index contributed by atoms with van der Waals surface area (Å²) in [6.45, 7) is 2.30. The molecule has 1 aliphatic heterocycles. The molecule has 0 radical (unpaired) electrons. The number of carbonyl (C=O) groups excluding carboxylic acids is 2. The zero-order valence-electron chi connectivity index (χ0n) is 17.9. The molecular formula is C24H32N4O2. The molecule has 0 unspecified atom stereocenters. The molecular weight excluding hydrogens is 376 g/mol. The quantitative estimate of drug-likeness (QED) is 0.639.